The van der Waals surface area contributed by atoms with Gasteiger partial charge in [-0.25, -0.2) is 9.18 Å². The van der Waals surface area contributed by atoms with E-state index in [0.29, 0.717) is 17.3 Å². The van der Waals surface area contributed by atoms with E-state index in [-0.39, 0.29) is 39.8 Å². The lowest BCUT2D eigenvalue weighted by Gasteiger charge is -2.12. The largest absolute Gasteiger partial charge is 0.493 e. The van der Waals surface area contributed by atoms with E-state index in [9.17, 15) is 28.9 Å². The Hall–Kier alpha value is -4.51. The molecular formula is C25H17FN2O7S. The van der Waals surface area contributed by atoms with Gasteiger partial charge in [-0.3, -0.25) is 24.6 Å². The van der Waals surface area contributed by atoms with Crippen molar-refractivity contribution in [2.24, 2.45) is 0 Å². The summed E-state index contributed by atoms with van der Waals surface area (Å²) in [5.41, 5.74) is 0.268. The molecule has 0 aliphatic carbocycles. The zero-order chi connectivity index (χ0) is 25.8. The number of imide groups is 1. The molecule has 0 unspecified atom stereocenters. The topological polar surface area (TPSA) is 116 Å². The number of hydrogen-bond donors (Lipinski definition) is 0. The number of halogens is 1. The second-order valence-electron chi connectivity index (χ2n) is 7.43. The average molecular weight is 508 g/mol. The van der Waals surface area contributed by atoms with Gasteiger partial charge in [0.25, 0.3) is 16.8 Å². The molecular weight excluding hydrogens is 491 g/mol. The third-order valence-electron chi connectivity index (χ3n) is 5.17. The number of hydrogen-bond acceptors (Lipinski definition) is 8. The number of nitro groups is 1. The van der Waals surface area contributed by atoms with Crippen molar-refractivity contribution in [3.63, 3.8) is 0 Å². The highest BCUT2D eigenvalue weighted by molar-refractivity contribution is 8.18. The SMILES string of the molecule is COc1cc(/C=C2\SC(=O)N(Cc3ccccc3[N+](=O)[O-])C2=O)ccc1OC(=O)c1ccccc1F. The summed E-state index contributed by atoms with van der Waals surface area (Å²) in [7, 11) is 1.35. The van der Waals surface area contributed by atoms with Gasteiger partial charge in [0.05, 0.1) is 29.0 Å². The van der Waals surface area contributed by atoms with Crippen LogP contribution in [0.5, 0.6) is 11.5 Å². The quantitative estimate of drug-likeness (QED) is 0.141. The summed E-state index contributed by atoms with van der Waals surface area (Å²) in [6, 6.07) is 15.7. The summed E-state index contributed by atoms with van der Waals surface area (Å²) in [5, 5.41) is 10.7. The predicted molar refractivity (Wildman–Crippen MR) is 129 cm³/mol. The lowest BCUT2D eigenvalue weighted by Crippen LogP contribution is -2.27. The van der Waals surface area contributed by atoms with Crippen LogP contribution in [0.1, 0.15) is 21.5 Å². The first kappa shape index (κ1) is 24.6. The molecule has 0 atom stereocenters. The van der Waals surface area contributed by atoms with E-state index in [1.54, 1.807) is 6.07 Å². The molecule has 3 aromatic rings. The van der Waals surface area contributed by atoms with Crippen LogP contribution in [0.3, 0.4) is 0 Å². The maximum atomic E-state index is 13.9. The Morgan fingerprint density at radius 2 is 1.81 bits per heavy atom. The summed E-state index contributed by atoms with van der Waals surface area (Å²) >= 11 is 0.698. The fraction of sp³-hybridized carbons (Fsp3) is 0.0800. The van der Waals surface area contributed by atoms with Gasteiger partial charge in [0.2, 0.25) is 0 Å². The molecule has 1 saturated heterocycles. The van der Waals surface area contributed by atoms with Gasteiger partial charge in [-0.1, -0.05) is 36.4 Å². The Bertz CT molecular complexity index is 1420. The molecule has 9 nitrogen and oxygen atoms in total. The molecule has 1 aliphatic heterocycles. The third kappa shape index (κ3) is 5.10. The van der Waals surface area contributed by atoms with E-state index in [1.807, 2.05) is 0 Å². The van der Waals surface area contributed by atoms with E-state index >= 15 is 0 Å². The van der Waals surface area contributed by atoms with Crippen LogP contribution in [-0.4, -0.2) is 34.0 Å². The zero-order valence-electron chi connectivity index (χ0n) is 18.7. The van der Waals surface area contributed by atoms with E-state index in [0.717, 1.165) is 11.0 Å². The average Bonchev–Trinajstić information content (AvgIpc) is 3.12. The Balaban J connectivity index is 1.54. The van der Waals surface area contributed by atoms with Crippen LogP contribution in [0.15, 0.2) is 71.6 Å². The number of benzene rings is 3. The molecule has 0 spiro atoms. The fourth-order valence-corrected chi connectivity index (χ4v) is 4.26. The number of rotatable bonds is 7. The second-order valence-corrected chi connectivity index (χ2v) is 8.43. The lowest BCUT2D eigenvalue weighted by atomic mass is 10.1. The third-order valence-corrected chi connectivity index (χ3v) is 6.08. The van der Waals surface area contributed by atoms with Crippen LogP contribution in [0, 0.1) is 15.9 Å². The minimum atomic E-state index is -0.907. The van der Waals surface area contributed by atoms with Gasteiger partial charge < -0.3 is 9.47 Å². The fourth-order valence-electron chi connectivity index (χ4n) is 3.42. The van der Waals surface area contributed by atoms with Gasteiger partial charge in [0.1, 0.15) is 5.82 Å². The smallest absolute Gasteiger partial charge is 0.346 e. The number of ether oxygens (including phenoxy) is 2. The summed E-state index contributed by atoms with van der Waals surface area (Å²) in [4.78, 5) is 49.4. The molecule has 0 radical (unpaired) electrons. The summed E-state index contributed by atoms with van der Waals surface area (Å²) in [6.07, 6.45) is 1.45. The van der Waals surface area contributed by atoms with Crippen LogP contribution in [0.2, 0.25) is 0 Å². The molecule has 1 aliphatic rings. The molecule has 2 amide bonds. The molecule has 1 heterocycles. The molecule has 0 N–H and O–H groups in total. The molecule has 0 bridgehead atoms. The molecule has 36 heavy (non-hydrogen) atoms. The van der Waals surface area contributed by atoms with Gasteiger partial charge in [-0.2, -0.15) is 0 Å². The summed E-state index contributed by atoms with van der Waals surface area (Å²) in [6.45, 7) is -0.243. The minimum Gasteiger partial charge on any atom is -0.493 e. The van der Waals surface area contributed by atoms with Crippen molar-refractivity contribution in [3.05, 3.63) is 104 Å². The van der Waals surface area contributed by atoms with Gasteiger partial charge >= 0.3 is 5.97 Å². The first-order chi connectivity index (χ1) is 17.3. The second kappa shape index (κ2) is 10.4. The predicted octanol–water partition coefficient (Wildman–Crippen LogP) is 5.20. The minimum absolute atomic E-state index is 0.0346. The molecule has 3 aromatic carbocycles. The van der Waals surface area contributed by atoms with Gasteiger partial charge in [0, 0.05) is 11.6 Å². The van der Waals surface area contributed by atoms with E-state index < -0.39 is 27.9 Å². The van der Waals surface area contributed by atoms with E-state index in [1.165, 1.54) is 67.8 Å². The molecule has 4 rings (SSSR count). The number of thioether (sulfide) groups is 1. The monoisotopic (exact) mass is 508 g/mol. The number of para-hydroxylation sites is 1. The highest BCUT2D eigenvalue weighted by Crippen LogP contribution is 2.36. The Kier molecular flexibility index (Phi) is 7.11. The van der Waals surface area contributed by atoms with Crippen molar-refractivity contribution in [2.45, 2.75) is 6.54 Å². The number of carbonyl (C=O) groups excluding carboxylic acids is 3. The molecule has 0 aromatic heterocycles. The lowest BCUT2D eigenvalue weighted by molar-refractivity contribution is -0.385. The van der Waals surface area contributed by atoms with Crippen molar-refractivity contribution < 1.29 is 33.2 Å². The zero-order valence-corrected chi connectivity index (χ0v) is 19.5. The van der Waals surface area contributed by atoms with Crippen molar-refractivity contribution in [3.8, 4) is 11.5 Å². The molecule has 0 saturated carbocycles. The maximum Gasteiger partial charge on any atom is 0.346 e. The Morgan fingerprint density at radius 1 is 1.08 bits per heavy atom. The number of methoxy groups -OCH3 is 1. The number of nitro benzene ring substituents is 1. The van der Waals surface area contributed by atoms with Gasteiger partial charge in [0.15, 0.2) is 11.5 Å². The summed E-state index contributed by atoms with van der Waals surface area (Å²) in [5.74, 6) is -2.05. The molecule has 1 fully saturated rings. The number of esters is 1. The molecule has 182 valence electrons. The van der Waals surface area contributed by atoms with Crippen molar-refractivity contribution in [1.82, 2.24) is 4.90 Å². The van der Waals surface area contributed by atoms with Crippen LogP contribution in [-0.2, 0) is 11.3 Å². The standard InChI is InChI=1S/C25H17FN2O7S/c1-34-21-12-15(10-11-20(21)35-24(30)17-7-3-4-8-18(17)26)13-22-23(29)27(25(31)36-22)14-16-6-2-5-9-19(16)28(32)33/h2-13H,14H2,1H3/b22-13-. The van der Waals surface area contributed by atoms with E-state index in [4.69, 9.17) is 9.47 Å². The Morgan fingerprint density at radius 3 is 2.53 bits per heavy atom. The number of nitrogens with zero attached hydrogens (tertiary/aromatic N) is 2. The van der Waals surface area contributed by atoms with Crippen LogP contribution in [0.4, 0.5) is 14.9 Å². The normalized spacial score (nSPS) is 14.3. The molecule has 11 heteroatoms. The highest BCUT2D eigenvalue weighted by Gasteiger charge is 2.36. The van der Waals surface area contributed by atoms with Crippen molar-refractivity contribution >= 4 is 40.6 Å². The van der Waals surface area contributed by atoms with Gasteiger partial charge in [-0.05, 0) is 47.7 Å². The number of carbonyl (C=O) groups is 3. The Labute approximate surface area is 208 Å². The van der Waals surface area contributed by atoms with Crippen LogP contribution in [0.25, 0.3) is 6.08 Å². The summed E-state index contributed by atoms with van der Waals surface area (Å²) < 4.78 is 24.4. The van der Waals surface area contributed by atoms with Crippen LogP contribution < -0.4 is 9.47 Å². The van der Waals surface area contributed by atoms with Crippen molar-refractivity contribution in [1.29, 1.82) is 0 Å². The highest BCUT2D eigenvalue weighted by atomic mass is 32.2. The first-order valence-corrected chi connectivity index (χ1v) is 11.2. The number of amides is 2. The van der Waals surface area contributed by atoms with Crippen LogP contribution >= 0.6 is 11.8 Å². The maximum absolute atomic E-state index is 13.9. The van der Waals surface area contributed by atoms with E-state index in [2.05, 4.69) is 0 Å². The first-order valence-electron chi connectivity index (χ1n) is 10.4. The van der Waals surface area contributed by atoms with Gasteiger partial charge in [-0.15, -0.1) is 0 Å². The van der Waals surface area contributed by atoms with Crippen molar-refractivity contribution in [2.75, 3.05) is 7.11 Å².